The van der Waals surface area contributed by atoms with E-state index in [9.17, 15) is 0 Å². The van der Waals surface area contributed by atoms with E-state index in [-0.39, 0.29) is 0 Å². The summed E-state index contributed by atoms with van der Waals surface area (Å²) in [6.07, 6.45) is 6.02. The molecular weight excluding hydrogens is 210 g/mol. The zero-order valence-electron chi connectivity index (χ0n) is 9.93. The second-order valence-electron chi connectivity index (χ2n) is 5.28. The van der Waals surface area contributed by atoms with Crippen LogP contribution in [-0.2, 0) is 7.05 Å². The molecule has 0 N–H and O–H groups in total. The van der Waals surface area contributed by atoms with Crippen LogP contribution in [0.4, 0.5) is 0 Å². The molecule has 17 heavy (non-hydrogen) atoms. The molecule has 1 saturated carbocycles. The third-order valence-corrected chi connectivity index (χ3v) is 4.32. The molecule has 4 rings (SSSR count). The van der Waals surface area contributed by atoms with E-state index in [1.54, 1.807) is 0 Å². The summed E-state index contributed by atoms with van der Waals surface area (Å²) in [5.41, 5.74) is 4.92. The van der Waals surface area contributed by atoms with Crippen LogP contribution in [0.15, 0.2) is 24.4 Å². The van der Waals surface area contributed by atoms with Crippen molar-refractivity contribution in [2.24, 2.45) is 7.05 Å². The third-order valence-electron chi connectivity index (χ3n) is 4.32. The van der Waals surface area contributed by atoms with E-state index in [0.29, 0.717) is 5.92 Å². The van der Waals surface area contributed by atoms with Crippen molar-refractivity contribution < 1.29 is 0 Å². The van der Waals surface area contributed by atoms with E-state index in [1.807, 2.05) is 0 Å². The Morgan fingerprint density at radius 1 is 1.24 bits per heavy atom. The molecule has 2 heterocycles. The number of nitrogens with zero attached hydrogens (tertiary/aromatic N) is 3. The molecule has 0 radical (unpaired) electrons. The standard InChI is InChI=1S/C14H15N3/c1-17-6-2-3-13(17)12-8-11-9-4-5-10(7-9)14(11)16-15-12/h2-3,6,8-10H,4-5,7H2,1H3. The largest absolute Gasteiger partial charge is 0.349 e. The molecule has 2 bridgehead atoms. The van der Waals surface area contributed by atoms with Crippen LogP contribution in [0.1, 0.15) is 42.4 Å². The van der Waals surface area contributed by atoms with Crippen LogP contribution < -0.4 is 0 Å². The second kappa shape index (κ2) is 3.19. The Hall–Kier alpha value is -1.64. The molecule has 0 aromatic carbocycles. The van der Waals surface area contributed by atoms with Gasteiger partial charge in [-0.05, 0) is 48.9 Å². The number of hydrogen-bond donors (Lipinski definition) is 0. The molecule has 0 aliphatic heterocycles. The molecular formula is C14H15N3. The van der Waals surface area contributed by atoms with Crippen LogP contribution in [0, 0.1) is 0 Å². The Bertz CT molecular complexity index is 585. The van der Waals surface area contributed by atoms with Gasteiger partial charge in [-0.15, -0.1) is 5.10 Å². The van der Waals surface area contributed by atoms with Gasteiger partial charge in [0.15, 0.2) is 0 Å². The highest BCUT2D eigenvalue weighted by Crippen LogP contribution is 2.52. The van der Waals surface area contributed by atoms with Crippen LogP contribution in [0.2, 0.25) is 0 Å². The van der Waals surface area contributed by atoms with Crippen molar-refractivity contribution in [2.45, 2.75) is 31.1 Å². The first-order chi connectivity index (χ1) is 8.33. The molecule has 3 heteroatoms. The van der Waals surface area contributed by atoms with Gasteiger partial charge in [-0.3, -0.25) is 0 Å². The molecule has 86 valence electrons. The van der Waals surface area contributed by atoms with Crippen molar-refractivity contribution in [3.05, 3.63) is 35.7 Å². The zero-order valence-corrected chi connectivity index (χ0v) is 9.93. The monoisotopic (exact) mass is 225 g/mol. The summed E-state index contributed by atoms with van der Waals surface area (Å²) < 4.78 is 2.10. The minimum atomic E-state index is 0.699. The minimum absolute atomic E-state index is 0.699. The zero-order chi connectivity index (χ0) is 11.4. The summed E-state index contributed by atoms with van der Waals surface area (Å²) in [6.45, 7) is 0. The summed E-state index contributed by atoms with van der Waals surface area (Å²) in [5, 5.41) is 8.88. The Labute approximate surface area is 100 Å². The lowest BCUT2D eigenvalue weighted by Crippen LogP contribution is -2.04. The SMILES string of the molecule is Cn1cccc1-c1cc2c(nn1)C1CCC2C1. The van der Waals surface area contributed by atoms with Crippen molar-refractivity contribution in [1.29, 1.82) is 0 Å². The quantitative estimate of drug-likeness (QED) is 0.747. The lowest BCUT2D eigenvalue weighted by Gasteiger charge is -2.14. The lowest BCUT2D eigenvalue weighted by molar-refractivity contribution is 0.681. The van der Waals surface area contributed by atoms with E-state index in [1.165, 1.54) is 30.5 Å². The molecule has 2 aromatic heterocycles. The van der Waals surface area contributed by atoms with E-state index in [2.05, 4.69) is 46.2 Å². The van der Waals surface area contributed by atoms with Crippen molar-refractivity contribution in [1.82, 2.24) is 14.8 Å². The third kappa shape index (κ3) is 1.22. The Morgan fingerprint density at radius 2 is 2.12 bits per heavy atom. The summed E-state index contributed by atoms with van der Waals surface area (Å²) in [4.78, 5) is 0. The highest BCUT2D eigenvalue weighted by atomic mass is 15.1. The average Bonchev–Trinajstić information content (AvgIpc) is 3.03. The number of rotatable bonds is 1. The number of aryl methyl sites for hydroxylation is 1. The first kappa shape index (κ1) is 9.40. The van der Waals surface area contributed by atoms with Crippen molar-refractivity contribution in [3.8, 4) is 11.4 Å². The molecule has 0 saturated heterocycles. The normalized spacial score (nSPS) is 25.2. The Morgan fingerprint density at radius 3 is 2.94 bits per heavy atom. The Kier molecular flexibility index (Phi) is 1.76. The van der Waals surface area contributed by atoms with Crippen LogP contribution in [-0.4, -0.2) is 14.8 Å². The second-order valence-corrected chi connectivity index (χ2v) is 5.28. The van der Waals surface area contributed by atoms with E-state index < -0.39 is 0 Å². The molecule has 2 atom stereocenters. The minimum Gasteiger partial charge on any atom is -0.349 e. The smallest absolute Gasteiger partial charge is 0.110 e. The number of aromatic nitrogens is 3. The van der Waals surface area contributed by atoms with E-state index in [0.717, 1.165) is 17.3 Å². The summed E-state index contributed by atoms with van der Waals surface area (Å²) in [6, 6.07) is 6.42. The first-order valence-electron chi connectivity index (χ1n) is 6.32. The number of fused-ring (bicyclic) bond motifs is 5. The van der Waals surface area contributed by atoms with Gasteiger partial charge < -0.3 is 4.57 Å². The average molecular weight is 225 g/mol. The maximum atomic E-state index is 4.48. The van der Waals surface area contributed by atoms with Crippen LogP contribution in [0.5, 0.6) is 0 Å². The molecule has 2 aliphatic carbocycles. The van der Waals surface area contributed by atoms with Gasteiger partial charge >= 0.3 is 0 Å². The van der Waals surface area contributed by atoms with Crippen LogP contribution in [0.3, 0.4) is 0 Å². The summed E-state index contributed by atoms with van der Waals surface area (Å²) >= 11 is 0. The molecule has 2 aliphatic rings. The van der Waals surface area contributed by atoms with Crippen molar-refractivity contribution in [2.75, 3.05) is 0 Å². The van der Waals surface area contributed by atoms with Gasteiger partial charge in [0.25, 0.3) is 0 Å². The Balaban J connectivity index is 1.86. The van der Waals surface area contributed by atoms with E-state index in [4.69, 9.17) is 0 Å². The van der Waals surface area contributed by atoms with Gasteiger partial charge in [0.05, 0.1) is 11.4 Å². The molecule has 2 aromatic rings. The van der Waals surface area contributed by atoms with Crippen molar-refractivity contribution in [3.63, 3.8) is 0 Å². The van der Waals surface area contributed by atoms with Gasteiger partial charge in [-0.1, -0.05) is 0 Å². The maximum Gasteiger partial charge on any atom is 0.110 e. The maximum absolute atomic E-state index is 4.48. The predicted octanol–water partition coefficient (Wildman–Crippen LogP) is 2.85. The fourth-order valence-electron chi connectivity index (χ4n) is 3.42. The first-order valence-corrected chi connectivity index (χ1v) is 6.32. The molecule has 2 unspecified atom stereocenters. The summed E-state index contributed by atoms with van der Waals surface area (Å²) in [7, 11) is 2.05. The topological polar surface area (TPSA) is 30.7 Å². The van der Waals surface area contributed by atoms with Gasteiger partial charge in [0.2, 0.25) is 0 Å². The van der Waals surface area contributed by atoms with Crippen molar-refractivity contribution >= 4 is 0 Å². The fraction of sp³-hybridized carbons (Fsp3) is 0.429. The lowest BCUT2D eigenvalue weighted by atomic mass is 9.96. The molecule has 3 nitrogen and oxygen atoms in total. The molecule has 0 spiro atoms. The van der Waals surface area contributed by atoms with Gasteiger partial charge in [0, 0.05) is 19.2 Å². The predicted molar refractivity (Wildman–Crippen MR) is 65.8 cm³/mol. The molecule has 0 amide bonds. The van der Waals surface area contributed by atoms with Crippen LogP contribution in [0.25, 0.3) is 11.4 Å². The van der Waals surface area contributed by atoms with Gasteiger partial charge in [0.1, 0.15) is 5.69 Å². The highest BCUT2D eigenvalue weighted by molar-refractivity contribution is 5.57. The van der Waals surface area contributed by atoms with Crippen LogP contribution >= 0.6 is 0 Å². The molecule has 1 fully saturated rings. The summed E-state index contributed by atoms with van der Waals surface area (Å²) in [5.74, 6) is 1.45. The van der Waals surface area contributed by atoms with Gasteiger partial charge in [-0.25, -0.2) is 0 Å². The van der Waals surface area contributed by atoms with Gasteiger partial charge in [-0.2, -0.15) is 5.10 Å². The highest BCUT2D eigenvalue weighted by Gasteiger charge is 2.38. The number of hydrogen-bond acceptors (Lipinski definition) is 2. The van der Waals surface area contributed by atoms with E-state index >= 15 is 0 Å². The fourth-order valence-corrected chi connectivity index (χ4v) is 3.42.